The average molecular weight is 283 g/mol. The minimum absolute atomic E-state index is 0.0121. The maximum absolute atomic E-state index is 11.5. The maximum atomic E-state index is 11.5. The largest absolute Gasteiger partial charge is 0.399 e. The van der Waals surface area contributed by atoms with Gasteiger partial charge in [-0.3, -0.25) is 4.79 Å². The second-order valence-corrected chi connectivity index (χ2v) is 5.30. The lowest BCUT2D eigenvalue weighted by atomic mass is 9.76. The molecule has 2 rings (SSSR count). The Morgan fingerprint density at radius 2 is 1.76 bits per heavy atom. The molecule has 0 heterocycles. The number of carbonyl (C=O) groups is 1. The molecule has 2 aromatic rings. The van der Waals surface area contributed by atoms with E-state index in [2.05, 4.69) is 24.4 Å². The Labute approximate surface area is 125 Å². The normalized spacial score (nSPS) is 13.4. The van der Waals surface area contributed by atoms with Crippen molar-refractivity contribution in [3.8, 4) is 0 Å². The molecule has 5 N–H and O–H groups in total. The summed E-state index contributed by atoms with van der Waals surface area (Å²) in [6, 6.07) is 17.8. The van der Waals surface area contributed by atoms with Crippen molar-refractivity contribution >= 4 is 11.6 Å². The first kappa shape index (κ1) is 15.1. The number of nitrogen functional groups attached to an aromatic ring is 1. The number of rotatable bonds is 5. The molecule has 0 bridgehead atoms. The van der Waals surface area contributed by atoms with Crippen LogP contribution < -0.4 is 16.8 Å². The molecule has 1 atom stereocenters. The highest BCUT2D eigenvalue weighted by molar-refractivity contribution is 5.78. The zero-order chi connectivity index (χ0) is 15.3. The van der Waals surface area contributed by atoms with Crippen molar-refractivity contribution in [3.05, 3.63) is 65.7 Å². The van der Waals surface area contributed by atoms with Crippen LogP contribution in [0.2, 0.25) is 0 Å². The summed E-state index contributed by atoms with van der Waals surface area (Å²) >= 11 is 0. The third-order valence-corrected chi connectivity index (χ3v) is 3.76. The molecule has 1 amide bonds. The van der Waals surface area contributed by atoms with Gasteiger partial charge in [0.2, 0.25) is 5.91 Å². The third-order valence-electron chi connectivity index (χ3n) is 3.76. The molecule has 21 heavy (non-hydrogen) atoms. The molecule has 4 nitrogen and oxygen atoms in total. The maximum Gasteiger partial charge on any atom is 0.233 e. The van der Waals surface area contributed by atoms with Crippen LogP contribution >= 0.6 is 0 Å². The highest BCUT2D eigenvalue weighted by Gasteiger charge is 2.29. The molecule has 0 aliphatic rings. The lowest BCUT2D eigenvalue weighted by Gasteiger charge is -2.31. The molecule has 2 aromatic carbocycles. The van der Waals surface area contributed by atoms with Crippen LogP contribution in [0.4, 0.5) is 5.69 Å². The van der Waals surface area contributed by atoms with Crippen LogP contribution in [0.1, 0.15) is 18.1 Å². The van der Waals surface area contributed by atoms with Gasteiger partial charge in [-0.25, -0.2) is 0 Å². The fraction of sp³-hybridized carbons (Fsp3) is 0.235. The van der Waals surface area contributed by atoms with Crippen LogP contribution in [-0.2, 0) is 10.2 Å². The molecule has 0 aliphatic heterocycles. The average Bonchev–Trinajstić information content (AvgIpc) is 2.53. The van der Waals surface area contributed by atoms with E-state index in [1.165, 1.54) is 0 Å². The summed E-state index contributed by atoms with van der Waals surface area (Å²) in [4.78, 5) is 11.5. The van der Waals surface area contributed by atoms with Crippen molar-refractivity contribution in [3.63, 3.8) is 0 Å². The summed E-state index contributed by atoms with van der Waals surface area (Å²) in [5.41, 5.74) is 13.8. The van der Waals surface area contributed by atoms with E-state index in [0.29, 0.717) is 12.2 Å². The predicted molar refractivity (Wildman–Crippen MR) is 85.8 cm³/mol. The molecular formula is C17H21N3O. The summed E-state index contributed by atoms with van der Waals surface area (Å²) in [5, 5.41) is 2.88. The van der Waals surface area contributed by atoms with Gasteiger partial charge >= 0.3 is 0 Å². The standard InChI is InChI=1S/C17H21N3O/c1-17(12-20-16(21)11-18,13-6-3-2-4-7-13)14-8-5-9-15(19)10-14/h2-10H,11-12,18-19H2,1H3,(H,20,21). The number of anilines is 1. The third kappa shape index (κ3) is 3.41. The predicted octanol–water partition coefficient (Wildman–Crippen LogP) is 1.65. The van der Waals surface area contributed by atoms with Crippen LogP contribution in [-0.4, -0.2) is 19.0 Å². The molecule has 1 unspecified atom stereocenters. The molecule has 0 fully saturated rings. The smallest absolute Gasteiger partial charge is 0.233 e. The van der Waals surface area contributed by atoms with Gasteiger partial charge in [-0.15, -0.1) is 0 Å². The molecule has 4 heteroatoms. The van der Waals surface area contributed by atoms with E-state index in [1.807, 2.05) is 42.5 Å². The van der Waals surface area contributed by atoms with Gasteiger partial charge in [-0.1, -0.05) is 42.5 Å². The summed E-state index contributed by atoms with van der Waals surface area (Å²) in [6.45, 7) is 2.55. The quantitative estimate of drug-likeness (QED) is 0.730. The monoisotopic (exact) mass is 283 g/mol. The van der Waals surface area contributed by atoms with Crippen molar-refractivity contribution in [2.45, 2.75) is 12.3 Å². The molecule has 0 saturated carbocycles. The van der Waals surface area contributed by atoms with E-state index in [9.17, 15) is 4.79 Å². The van der Waals surface area contributed by atoms with Gasteiger partial charge in [0.25, 0.3) is 0 Å². The van der Waals surface area contributed by atoms with Gasteiger partial charge < -0.3 is 16.8 Å². The van der Waals surface area contributed by atoms with Crippen molar-refractivity contribution < 1.29 is 4.79 Å². The molecular weight excluding hydrogens is 262 g/mol. The van der Waals surface area contributed by atoms with E-state index in [1.54, 1.807) is 0 Å². The first-order chi connectivity index (χ1) is 10.1. The fourth-order valence-corrected chi connectivity index (χ4v) is 2.41. The van der Waals surface area contributed by atoms with Crippen molar-refractivity contribution in [1.29, 1.82) is 0 Å². The molecule has 0 aromatic heterocycles. The zero-order valence-electron chi connectivity index (χ0n) is 12.2. The van der Waals surface area contributed by atoms with Gasteiger partial charge in [-0.05, 0) is 30.2 Å². The lowest BCUT2D eigenvalue weighted by molar-refractivity contribution is -0.119. The first-order valence-electron chi connectivity index (χ1n) is 6.94. The number of amides is 1. The van der Waals surface area contributed by atoms with Gasteiger partial charge in [0, 0.05) is 17.6 Å². The Kier molecular flexibility index (Phi) is 4.60. The molecule has 0 spiro atoms. The highest BCUT2D eigenvalue weighted by atomic mass is 16.1. The SMILES string of the molecule is CC(CNC(=O)CN)(c1ccccc1)c1cccc(N)c1. The minimum atomic E-state index is -0.360. The van der Waals surface area contributed by atoms with Gasteiger partial charge in [0.1, 0.15) is 0 Å². The Balaban J connectivity index is 2.41. The first-order valence-corrected chi connectivity index (χ1v) is 6.94. The second kappa shape index (κ2) is 6.41. The van der Waals surface area contributed by atoms with Crippen molar-refractivity contribution in [2.24, 2.45) is 5.73 Å². The van der Waals surface area contributed by atoms with Gasteiger partial charge in [0.15, 0.2) is 0 Å². The number of nitrogens with one attached hydrogen (secondary N) is 1. The minimum Gasteiger partial charge on any atom is -0.399 e. The van der Waals surface area contributed by atoms with Crippen LogP contribution in [0.5, 0.6) is 0 Å². The summed E-state index contributed by atoms with van der Waals surface area (Å²) in [7, 11) is 0. The summed E-state index contributed by atoms with van der Waals surface area (Å²) < 4.78 is 0. The lowest BCUT2D eigenvalue weighted by Crippen LogP contribution is -2.41. The topological polar surface area (TPSA) is 81.1 Å². The Hall–Kier alpha value is -2.33. The van der Waals surface area contributed by atoms with E-state index >= 15 is 0 Å². The Morgan fingerprint density at radius 3 is 2.38 bits per heavy atom. The van der Waals surface area contributed by atoms with Crippen LogP contribution in [0.3, 0.4) is 0 Å². The van der Waals surface area contributed by atoms with E-state index < -0.39 is 0 Å². The Bertz CT molecular complexity index is 612. The number of carbonyl (C=O) groups excluding carboxylic acids is 1. The molecule has 0 radical (unpaired) electrons. The van der Waals surface area contributed by atoms with E-state index in [-0.39, 0.29) is 17.9 Å². The number of hydrogen-bond acceptors (Lipinski definition) is 3. The number of hydrogen-bond donors (Lipinski definition) is 3. The summed E-state index contributed by atoms with van der Waals surface area (Å²) in [6.07, 6.45) is 0. The zero-order valence-corrected chi connectivity index (χ0v) is 12.2. The van der Waals surface area contributed by atoms with E-state index in [4.69, 9.17) is 11.5 Å². The van der Waals surface area contributed by atoms with Gasteiger partial charge in [0.05, 0.1) is 6.54 Å². The van der Waals surface area contributed by atoms with Crippen LogP contribution in [0, 0.1) is 0 Å². The van der Waals surface area contributed by atoms with Crippen LogP contribution in [0.25, 0.3) is 0 Å². The highest BCUT2D eigenvalue weighted by Crippen LogP contribution is 2.32. The van der Waals surface area contributed by atoms with Crippen molar-refractivity contribution in [2.75, 3.05) is 18.8 Å². The van der Waals surface area contributed by atoms with Crippen LogP contribution in [0.15, 0.2) is 54.6 Å². The van der Waals surface area contributed by atoms with Crippen molar-refractivity contribution in [1.82, 2.24) is 5.32 Å². The van der Waals surface area contributed by atoms with E-state index in [0.717, 1.165) is 11.1 Å². The Morgan fingerprint density at radius 1 is 1.10 bits per heavy atom. The van der Waals surface area contributed by atoms with Gasteiger partial charge in [-0.2, -0.15) is 0 Å². The molecule has 0 aliphatic carbocycles. The molecule has 110 valence electrons. The second-order valence-electron chi connectivity index (χ2n) is 5.30. The molecule has 0 saturated heterocycles. The number of nitrogens with two attached hydrogens (primary N) is 2. The summed E-state index contributed by atoms with van der Waals surface area (Å²) in [5.74, 6) is -0.166. The fourth-order valence-electron chi connectivity index (χ4n) is 2.41. The number of benzene rings is 2.